The first kappa shape index (κ1) is 17.4. The number of piperidine rings is 1. The minimum absolute atomic E-state index is 0.106. The first-order chi connectivity index (χ1) is 11.7. The summed E-state index contributed by atoms with van der Waals surface area (Å²) in [5, 5.41) is 9.97. The van der Waals surface area contributed by atoms with Crippen LogP contribution in [0.25, 0.3) is 0 Å². The third kappa shape index (κ3) is 4.15. The van der Waals surface area contributed by atoms with Gasteiger partial charge >= 0.3 is 0 Å². The number of ether oxygens (including phenoxy) is 1. The fourth-order valence-electron chi connectivity index (χ4n) is 3.78. The van der Waals surface area contributed by atoms with E-state index >= 15 is 0 Å². The molecule has 2 aliphatic rings. The maximum absolute atomic E-state index is 12.5. The molecule has 1 aromatic carbocycles. The van der Waals surface area contributed by atoms with Gasteiger partial charge in [0.1, 0.15) is 6.10 Å². The number of β-amino-alcohol motifs (C(OH)–C–C–N with tert-alkyl or cyclic N) is 1. The molecule has 2 unspecified atom stereocenters. The number of carbonyl (C=O) groups excluding carboxylic acids is 1. The molecule has 0 radical (unpaired) electrons. The Hall–Kier alpha value is -1.43. The fraction of sp³-hybridized carbons (Fsp3) is 0.632. The summed E-state index contributed by atoms with van der Waals surface area (Å²) in [6.45, 7) is 5.74. The standard InChI is InChI=1S/C19H28N2O3/c1-2-24-18-13-21(12-17(18)22)19(23)14-20-10-8-16(9-11-20)15-6-4-3-5-7-15/h3-7,16-18,22H,2,8-14H2,1H3. The quantitative estimate of drug-likeness (QED) is 0.887. The van der Waals surface area contributed by atoms with Crippen LogP contribution >= 0.6 is 0 Å². The van der Waals surface area contributed by atoms with Crippen molar-refractivity contribution >= 4 is 5.91 Å². The lowest BCUT2D eigenvalue weighted by Gasteiger charge is -2.32. The molecule has 2 heterocycles. The number of carbonyl (C=O) groups is 1. The molecule has 0 aliphatic carbocycles. The van der Waals surface area contributed by atoms with Gasteiger partial charge in [0.2, 0.25) is 5.91 Å². The molecular weight excluding hydrogens is 304 g/mol. The summed E-state index contributed by atoms with van der Waals surface area (Å²) in [7, 11) is 0. The van der Waals surface area contributed by atoms with Gasteiger partial charge in [-0.25, -0.2) is 0 Å². The van der Waals surface area contributed by atoms with E-state index in [0.717, 1.165) is 25.9 Å². The lowest BCUT2D eigenvalue weighted by atomic mass is 9.89. The van der Waals surface area contributed by atoms with Crippen molar-refractivity contribution in [3.63, 3.8) is 0 Å². The fourth-order valence-corrected chi connectivity index (χ4v) is 3.78. The number of likely N-dealkylation sites (tertiary alicyclic amines) is 2. The van der Waals surface area contributed by atoms with Crippen molar-refractivity contribution in [1.29, 1.82) is 0 Å². The zero-order chi connectivity index (χ0) is 16.9. The predicted octanol–water partition coefficient (Wildman–Crippen LogP) is 1.47. The minimum Gasteiger partial charge on any atom is -0.388 e. The molecule has 0 saturated carbocycles. The summed E-state index contributed by atoms with van der Waals surface area (Å²) in [6.07, 6.45) is 1.41. The lowest BCUT2D eigenvalue weighted by Crippen LogP contribution is -2.42. The monoisotopic (exact) mass is 332 g/mol. The number of rotatable bonds is 5. The number of aliphatic hydroxyl groups is 1. The van der Waals surface area contributed by atoms with Gasteiger partial charge < -0.3 is 14.7 Å². The third-order valence-electron chi connectivity index (χ3n) is 5.19. The van der Waals surface area contributed by atoms with E-state index < -0.39 is 6.10 Å². The van der Waals surface area contributed by atoms with Gasteiger partial charge in [-0.1, -0.05) is 30.3 Å². The first-order valence-corrected chi connectivity index (χ1v) is 9.02. The number of nitrogens with zero attached hydrogens (tertiary/aromatic N) is 2. The van der Waals surface area contributed by atoms with E-state index in [9.17, 15) is 9.90 Å². The smallest absolute Gasteiger partial charge is 0.236 e. The Morgan fingerprint density at radius 2 is 1.92 bits per heavy atom. The Balaban J connectivity index is 1.45. The average Bonchev–Trinajstić information content (AvgIpc) is 2.98. The molecule has 1 amide bonds. The number of benzene rings is 1. The minimum atomic E-state index is -0.558. The van der Waals surface area contributed by atoms with Crippen LogP contribution in [-0.4, -0.2) is 72.4 Å². The van der Waals surface area contributed by atoms with Gasteiger partial charge in [0.25, 0.3) is 0 Å². The van der Waals surface area contributed by atoms with Crippen LogP contribution < -0.4 is 0 Å². The molecular formula is C19H28N2O3. The van der Waals surface area contributed by atoms with Crippen LogP contribution in [0.3, 0.4) is 0 Å². The highest BCUT2D eigenvalue weighted by molar-refractivity contribution is 5.78. The summed E-state index contributed by atoms with van der Waals surface area (Å²) in [5.74, 6) is 0.711. The van der Waals surface area contributed by atoms with E-state index in [1.54, 1.807) is 4.90 Å². The Bertz CT molecular complexity index is 529. The van der Waals surface area contributed by atoms with Gasteiger partial charge in [-0.05, 0) is 44.3 Å². The molecule has 24 heavy (non-hydrogen) atoms. The van der Waals surface area contributed by atoms with Crippen LogP contribution in [-0.2, 0) is 9.53 Å². The highest BCUT2D eigenvalue weighted by Gasteiger charge is 2.35. The SMILES string of the molecule is CCOC1CN(C(=O)CN2CCC(c3ccccc3)CC2)CC1O. The lowest BCUT2D eigenvalue weighted by molar-refractivity contribution is -0.132. The van der Waals surface area contributed by atoms with E-state index in [4.69, 9.17) is 4.74 Å². The molecule has 2 atom stereocenters. The van der Waals surface area contributed by atoms with Crippen LogP contribution in [0.4, 0.5) is 0 Å². The van der Waals surface area contributed by atoms with Gasteiger partial charge in [0, 0.05) is 19.7 Å². The van der Waals surface area contributed by atoms with Crippen LogP contribution in [0.15, 0.2) is 30.3 Å². The second-order valence-corrected chi connectivity index (χ2v) is 6.82. The van der Waals surface area contributed by atoms with Crippen LogP contribution in [0, 0.1) is 0 Å². The van der Waals surface area contributed by atoms with Crippen LogP contribution in [0.5, 0.6) is 0 Å². The number of amides is 1. The highest BCUT2D eigenvalue weighted by Crippen LogP contribution is 2.27. The largest absolute Gasteiger partial charge is 0.388 e. The topological polar surface area (TPSA) is 53.0 Å². The summed E-state index contributed by atoms with van der Waals surface area (Å²) in [6, 6.07) is 10.6. The van der Waals surface area contributed by atoms with Crippen molar-refractivity contribution in [2.75, 3.05) is 39.3 Å². The molecule has 2 fully saturated rings. The Morgan fingerprint density at radius 3 is 2.58 bits per heavy atom. The molecule has 1 N–H and O–H groups in total. The van der Waals surface area contributed by atoms with E-state index in [0.29, 0.717) is 32.2 Å². The van der Waals surface area contributed by atoms with Crippen molar-refractivity contribution in [2.24, 2.45) is 0 Å². The van der Waals surface area contributed by atoms with E-state index in [2.05, 4.69) is 35.2 Å². The second kappa shape index (κ2) is 8.10. The maximum atomic E-state index is 12.5. The molecule has 132 valence electrons. The van der Waals surface area contributed by atoms with Crippen LogP contribution in [0.2, 0.25) is 0 Å². The molecule has 5 heteroatoms. The van der Waals surface area contributed by atoms with Crippen molar-refractivity contribution in [2.45, 2.75) is 37.9 Å². The normalized spacial score (nSPS) is 26.0. The van der Waals surface area contributed by atoms with Crippen molar-refractivity contribution in [3.8, 4) is 0 Å². The van der Waals surface area contributed by atoms with Gasteiger partial charge in [0.15, 0.2) is 0 Å². The van der Waals surface area contributed by atoms with Crippen molar-refractivity contribution < 1.29 is 14.6 Å². The van der Waals surface area contributed by atoms with Crippen LogP contribution in [0.1, 0.15) is 31.2 Å². The van der Waals surface area contributed by atoms with E-state index in [1.165, 1.54) is 5.56 Å². The summed E-state index contributed by atoms with van der Waals surface area (Å²) < 4.78 is 5.49. The Labute approximate surface area is 144 Å². The number of hydrogen-bond donors (Lipinski definition) is 1. The highest BCUT2D eigenvalue weighted by atomic mass is 16.5. The second-order valence-electron chi connectivity index (χ2n) is 6.82. The molecule has 2 aliphatic heterocycles. The molecule has 0 spiro atoms. The summed E-state index contributed by atoms with van der Waals surface area (Å²) >= 11 is 0. The first-order valence-electron chi connectivity index (χ1n) is 9.02. The van der Waals surface area contributed by atoms with E-state index in [-0.39, 0.29) is 12.0 Å². The van der Waals surface area contributed by atoms with Gasteiger partial charge in [-0.2, -0.15) is 0 Å². The predicted molar refractivity (Wildman–Crippen MR) is 92.9 cm³/mol. The number of aliphatic hydroxyl groups excluding tert-OH is 1. The Kier molecular flexibility index (Phi) is 5.87. The maximum Gasteiger partial charge on any atom is 0.236 e. The van der Waals surface area contributed by atoms with Gasteiger partial charge in [-0.3, -0.25) is 9.69 Å². The molecule has 3 rings (SSSR count). The third-order valence-corrected chi connectivity index (χ3v) is 5.19. The average molecular weight is 332 g/mol. The molecule has 0 bridgehead atoms. The zero-order valence-corrected chi connectivity index (χ0v) is 14.4. The summed E-state index contributed by atoms with van der Waals surface area (Å²) in [5.41, 5.74) is 1.41. The molecule has 2 saturated heterocycles. The van der Waals surface area contributed by atoms with Gasteiger partial charge in [-0.15, -0.1) is 0 Å². The van der Waals surface area contributed by atoms with Gasteiger partial charge in [0.05, 0.1) is 12.6 Å². The molecule has 5 nitrogen and oxygen atoms in total. The number of hydrogen-bond acceptors (Lipinski definition) is 4. The molecule has 1 aromatic rings. The summed E-state index contributed by atoms with van der Waals surface area (Å²) in [4.78, 5) is 16.5. The molecule has 0 aromatic heterocycles. The van der Waals surface area contributed by atoms with Crippen molar-refractivity contribution in [1.82, 2.24) is 9.80 Å². The Morgan fingerprint density at radius 1 is 1.21 bits per heavy atom. The van der Waals surface area contributed by atoms with Crippen molar-refractivity contribution in [3.05, 3.63) is 35.9 Å². The zero-order valence-electron chi connectivity index (χ0n) is 14.4. The van der Waals surface area contributed by atoms with E-state index in [1.807, 2.05) is 6.92 Å².